The summed E-state index contributed by atoms with van der Waals surface area (Å²) in [6.45, 7) is 2.29. The molecule has 0 spiro atoms. The van der Waals surface area contributed by atoms with E-state index in [1.807, 2.05) is 0 Å². The maximum atomic E-state index is 2.52. The predicted octanol–water partition coefficient (Wildman–Crippen LogP) is 3.93. The summed E-state index contributed by atoms with van der Waals surface area (Å²) < 4.78 is 0. The molecule has 0 aliphatic carbocycles. The summed E-state index contributed by atoms with van der Waals surface area (Å²) in [6.07, 6.45) is 12.4. The zero-order valence-electron chi connectivity index (χ0n) is 16.7. The second kappa shape index (κ2) is 13.6. The van der Waals surface area contributed by atoms with Crippen LogP contribution in [0, 0.1) is 6.04 Å². The Balaban J connectivity index is 0.00000182. The molecule has 0 amide bonds. The average molecular weight is 439 g/mol. The molecule has 0 saturated carbocycles. The fraction of sp³-hybridized carbons (Fsp3) is 0.458. The maximum Gasteiger partial charge on any atom is 2.00 e. The van der Waals surface area contributed by atoms with Crippen LogP contribution in [0.1, 0.15) is 76.3 Å². The average Bonchev–Trinajstić information content (AvgIpc) is 3.39. The summed E-state index contributed by atoms with van der Waals surface area (Å²) in [5.74, 6) is 0. The Bertz CT molecular complexity index is 559. The van der Waals surface area contributed by atoms with Gasteiger partial charge in [-0.1, -0.05) is 118 Å². The largest absolute Gasteiger partial charge is 2.00 e. The molecule has 1 heterocycles. The minimum atomic E-state index is 0. The van der Waals surface area contributed by atoms with Gasteiger partial charge < -0.3 is 21.9 Å². The van der Waals surface area contributed by atoms with Crippen LogP contribution in [-0.2, 0) is 0 Å². The van der Waals surface area contributed by atoms with Gasteiger partial charge in [-0.15, -0.1) is 0 Å². The van der Waals surface area contributed by atoms with Crippen LogP contribution in [0.25, 0.3) is 0 Å². The zero-order valence-corrected chi connectivity index (χ0v) is 19.7. The van der Waals surface area contributed by atoms with Crippen molar-refractivity contribution in [3.8, 4) is 0 Å². The predicted molar refractivity (Wildman–Crippen MR) is 114 cm³/mol. The maximum absolute atomic E-state index is 2.52. The van der Waals surface area contributed by atoms with Crippen molar-refractivity contribution in [3.63, 3.8) is 0 Å². The number of hydrogen-bond acceptors (Lipinski definition) is 1. The van der Waals surface area contributed by atoms with Crippen LogP contribution in [0.4, 0.5) is 5.69 Å². The van der Waals surface area contributed by atoms with Gasteiger partial charge in [-0.3, -0.25) is 0 Å². The standard InChI is InChI=1S/C24H32N.BrH.Mg/c1-2-3-4-5-6-7-8-15-20-23-24(21-16-11-9-12-17-21)25(23)22-18-13-10-14-19-22;;/h9-14,16-19,24H,2-8,15,20H2,1H3;1H;/q-1;;+2/p-1/t24-,25?;;/m1../s1. The van der Waals surface area contributed by atoms with Crippen LogP contribution < -0.4 is 21.9 Å². The molecule has 1 fully saturated rings. The molecule has 142 valence electrons. The van der Waals surface area contributed by atoms with Crippen molar-refractivity contribution in [1.82, 2.24) is 0 Å². The van der Waals surface area contributed by atoms with Crippen LogP contribution in [-0.4, -0.2) is 23.1 Å². The van der Waals surface area contributed by atoms with Crippen LogP contribution in [0.5, 0.6) is 0 Å². The van der Waals surface area contributed by atoms with E-state index in [0.717, 1.165) is 0 Å². The van der Waals surface area contributed by atoms with Crippen molar-refractivity contribution in [2.45, 2.75) is 70.8 Å². The topological polar surface area (TPSA) is 3.01 Å². The van der Waals surface area contributed by atoms with E-state index in [-0.39, 0.29) is 40.0 Å². The fourth-order valence-corrected chi connectivity index (χ4v) is 3.81. The molecule has 1 nitrogen and oxygen atoms in total. The van der Waals surface area contributed by atoms with Gasteiger partial charge in [-0.05, 0) is 12.1 Å². The minimum Gasteiger partial charge on any atom is -1.00 e. The van der Waals surface area contributed by atoms with Crippen molar-refractivity contribution in [2.24, 2.45) is 0 Å². The SMILES string of the molecule is CCCCCCCCCC[C-]1[C@@H](c2ccccc2)N1c1ccccc1.[Br-].[Mg+2]. The summed E-state index contributed by atoms with van der Waals surface area (Å²) >= 11 is 0. The first-order valence-electron chi connectivity index (χ1n) is 10.2. The quantitative estimate of drug-likeness (QED) is 0.222. The van der Waals surface area contributed by atoms with Crippen molar-refractivity contribution >= 4 is 28.7 Å². The molecule has 0 radical (unpaired) electrons. The van der Waals surface area contributed by atoms with Gasteiger partial charge in [-0.25, -0.2) is 6.04 Å². The van der Waals surface area contributed by atoms with Gasteiger partial charge in [0, 0.05) is 5.69 Å². The van der Waals surface area contributed by atoms with Gasteiger partial charge in [0.25, 0.3) is 0 Å². The molecular weight excluding hydrogens is 406 g/mol. The van der Waals surface area contributed by atoms with Crippen LogP contribution >= 0.6 is 0 Å². The van der Waals surface area contributed by atoms with E-state index in [0.29, 0.717) is 6.04 Å². The second-order valence-corrected chi connectivity index (χ2v) is 7.23. The Morgan fingerprint density at radius 3 is 1.85 bits per heavy atom. The van der Waals surface area contributed by atoms with E-state index in [2.05, 4.69) is 72.5 Å². The number of unbranched alkanes of at least 4 members (excludes halogenated alkanes) is 7. The van der Waals surface area contributed by atoms with Gasteiger partial charge in [0.1, 0.15) is 0 Å². The fourth-order valence-electron chi connectivity index (χ4n) is 3.81. The molecule has 27 heavy (non-hydrogen) atoms. The van der Waals surface area contributed by atoms with Crippen LogP contribution in [0.2, 0.25) is 0 Å². The molecule has 3 rings (SSSR count). The van der Waals surface area contributed by atoms with Crippen molar-refractivity contribution in [3.05, 3.63) is 72.3 Å². The number of nitrogens with zero attached hydrogens (tertiary/aromatic N) is 1. The molecule has 2 aromatic rings. The number of benzene rings is 2. The molecule has 1 atom stereocenters. The normalized spacial score (nSPS) is 15.7. The Kier molecular flexibility index (Phi) is 12.4. The Morgan fingerprint density at radius 2 is 1.26 bits per heavy atom. The summed E-state index contributed by atoms with van der Waals surface area (Å²) in [5, 5.41) is 0. The Hall–Kier alpha value is -0.514. The third-order valence-electron chi connectivity index (χ3n) is 5.25. The summed E-state index contributed by atoms with van der Waals surface area (Å²) in [4.78, 5) is 2.52. The van der Waals surface area contributed by atoms with Crippen molar-refractivity contribution in [2.75, 3.05) is 4.90 Å². The monoisotopic (exact) mass is 437 g/mol. The number of rotatable bonds is 11. The molecule has 0 aromatic heterocycles. The smallest absolute Gasteiger partial charge is 1.00 e. The Morgan fingerprint density at radius 1 is 0.741 bits per heavy atom. The third kappa shape index (κ3) is 7.43. The molecule has 0 bridgehead atoms. The molecule has 1 aliphatic rings. The summed E-state index contributed by atoms with van der Waals surface area (Å²) in [7, 11) is 0. The van der Waals surface area contributed by atoms with Gasteiger partial charge in [0.05, 0.1) is 0 Å². The van der Waals surface area contributed by atoms with Crippen molar-refractivity contribution < 1.29 is 17.0 Å². The molecule has 1 saturated heterocycles. The first kappa shape index (κ1) is 24.5. The molecule has 1 aliphatic heterocycles. The molecule has 2 aromatic carbocycles. The zero-order chi connectivity index (χ0) is 17.3. The van der Waals surface area contributed by atoms with Crippen molar-refractivity contribution in [1.29, 1.82) is 0 Å². The Labute approximate surface area is 192 Å². The van der Waals surface area contributed by atoms with Crippen LogP contribution in [0.15, 0.2) is 60.7 Å². The van der Waals surface area contributed by atoms with E-state index in [9.17, 15) is 0 Å². The van der Waals surface area contributed by atoms with Gasteiger partial charge in [-0.2, -0.15) is 6.42 Å². The second-order valence-electron chi connectivity index (χ2n) is 7.23. The molecule has 3 heteroatoms. The first-order valence-corrected chi connectivity index (χ1v) is 10.2. The first-order chi connectivity index (χ1) is 12.4. The number of anilines is 1. The summed E-state index contributed by atoms with van der Waals surface area (Å²) in [6, 6.07) is 23.9. The number of hydrogen-bond donors (Lipinski definition) is 0. The number of halogens is 1. The summed E-state index contributed by atoms with van der Waals surface area (Å²) in [5.41, 5.74) is 2.77. The number of para-hydroxylation sites is 1. The van der Waals surface area contributed by atoms with E-state index >= 15 is 0 Å². The molecule has 0 unspecified atom stereocenters. The van der Waals surface area contributed by atoms with Crippen LogP contribution in [0.3, 0.4) is 0 Å². The van der Waals surface area contributed by atoms with E-state index < -0.39 is 0 Å². The van der Waals surface area contributed by atoms with E-state index in [4.69, 9.17) is 0 Å². The van der Waals surface area contributed by atoms with Gasteiger partial charge >= 0.3 is 23.1 Å². The molecular formula is C24H32BrMgN. The van der Waals surface area contributed by atoms with E-state index in [1.54, 1.807) is 6.04 Å². The van der Waals surface area contributed by atoms with Gasteiger partial charge in [0.15, 0.2) is 0 Å². The third-order valence-corrected chi connectivity index (χ3v) is 5.25. The van der Waals surface area contributed by atoms with Gasteiger partial charge in [0.2, 0.25) is 0 Å². The minimum absolute atomic E-state index is 0. The van der Waals surface area contributed by atoms with E-state index in [1.165, 1.54) is 69.0 Å². The molecule has 0 N–H and O–H groups in total.